The van der Waals surface area contributed by atoms with Crippen molar-refractivity contribution < 1.29 is 35.3 Å². The van der Waals surface area contributed by atoms with Gasteiger partial charge in [0.2, 0.25) is 0 Å². The summed E-state index contributed by atoms with van der Waals surface area (Å²) in [6.07, 6.45) is 0. The summed E-state index contributed by atoms with van der Waals surface area (Å²) in [4.78, 5) is 14.0. The Bertz CT molecular complexity index is 933. The van der Waals surface area contributed by atoms with Gasteiger partial charge in [0.25, 0.3) is 0 Å². The number of likely N-dealkylation sites (N-methyl/N-ethyl adjacent to an activating group) is 1. The lowest BCUT2D eigenvalue weighted by Crippen LogP contribution is -2.38. The van der Waals surface area contributed by atoms with Gasteiger partial charge in [0.05, 0.1) is 24.2 Å². The fourth-order valence-corrected chi connectivity index (χ4v) is 3.39. The van der Waals surface area contributed by atoms with E-state index in [0.29, 0.717) is 16.8 Å². The molecule has 0 radical (unpaired) electrons. The number of alkyl halides is 3. The topological polar surface area (TPSA) is 96.7 Å². The fourth-order valence-electron chi connectivity index (χ4n) is 2.93. The van der Waals surface area contributed by atoms with Crippen molar-refractivity contribution in [3.8, 4) is 11.8 Å². The Morgan fingerprint density at radius 2 is 1.86 bits per heavy atom. The van der Waals surface area contributed by atoms with E-state index >= 15 is 0 Å². The third-order valence-corrected chi connectivity index (χ3v) is 5.32. The maximum atomic E-state index is 12.4. The molecule has 2 atom stereocenters. The minimum atomic E-state index is -5.79. The number of halogens is 3. The van der Waals surface area contributed by atoms with Crippen LogP contribution in [0, 0.1) is 11.3 Å². The van der Waals surface area contributed by atoms with Crippen LogP contribution in [-0.4, -0.2) is 44.5 Å². The molecule has 1 aromatic carbocycles. The molecule has 1 aliphatic rings. The van der Waals surface area contributed by atoms with E-state index in [9.17, 15) is 31.6 Å². The first-order chi connectivity index (χ1) is 12.9. The van der Waals surface area contributed by atoms with Gasteiger partial charge in [-0.3, -0.25) is 0 Å². The maximum absolute atomic E-state index is 12.4. The smallest absolute Gasteiger partial charge is 0.464 e. The highest BCUT2D eigenvalue weighted by Gasteiger charge is 2.48. The molecule has 1 aliphatic heterocycles. The molecule has 0 aliphatic carbocycles. The van der Waals surface area contributed by atoms with Crippen LogP contribution in [0.5, 0.6) is 5.75 Å². The van der Waals surface area contributed by atoms with Gasteiger partial charge in [0, 0.05) is 12.7 Å². The lowest BCUT2D eigenvalue weighted by Gasteiger charge is -2.26. The van der Waals surface area contributed by atoms with Crippen molar-refractivity contribution >= 4 is 16.1 Å². The van der Waals surface area contributed by atoms with E-state index in [2.05, 4.69) is 4.18 Å². The van der Waals surface area contributed by atoms with E-state index in [1.807, 2.05) is 6.07 Å². The first-order valence-corrected chi connectivity index (χ1v) is 9.46. The summed E-state index contributed by atoms with van der Waals surface area (Å²) in [5.74, 6) is -1.82. The first-order valence-electron chi connectivity index (χ1n) is 8.05. The van der Waals surface area contributed by atoms with Crippen molar-refractivity contribution in [1.82, 2.24) is 4.90 Å². The minimum Gasteiger partial charge on any atom is -0.464 e. The predicted octanol–water partition coefficient (Wildman–Crippen LogP) is 2.67. The van der Waals surface area contributed by atoms with E-state index in [1.165, 1.54) is 12.1 Å². The largest absolute Gasteiger partial charge is 0.534 e. The highest BCUT2D eigenvalue weighted by atomic mass is 32.2. The minimum absolute atomic E-state index is 0.138. The second-order valence-corrected chi connectivity index (χ2v) is 7.49. The van der Waals surface area contributed by atoms with Gasteiger partial charge in [-0.1, -0.05) is 12.1 Å². The van der Waals surface area contributed by atoms with Crippen LogP contribution in [0.3, 0.4) is 0 Å². The van der Waals surface area contributed by atoms with Gasteiger partial charge in [0.15, 0.2) is 0 Å². The van der Waals surface area contributed by atoms with E-state index in [-0.39, 0.29) is 6.61 Å². The standard InChI is InChI=1S/C17H17F3N2O5S/c1-4-26-16(23)15-14(13(9-21)10(2)22(15)3)11-5-7-12(8-6-11)27-28(24,25)17(18,19)20/h5-8,14-15H,4H2,1-3H3. The number of esters is 1. The molecule has 0 aromatic heterocycles. The predicted molar refractivity (Wildman–Crippen MR) is 91.3 cm³/mol. The first kappa shape index (κ1) is 21.6. The van der Waals surface area contributed by atoms with Gasteiger partial charge >= 0.3 is 21.6 Å². The maximum Gasteiger partial charge on any atom is 0.534 e. The number of carbonyl (C=O) groups excluding carboxylic acids is 1. The summed E-state index contributed by atoms with van der Waals surface area (Å²) < 4.78 is 68.6. The van der Waals surface area contributed by atoms with E-state index in [1.54, 1.807) is 25.8 Å². The molecule has 0 amide bonds. The Kier molecular flexibility index (Phi) is 5.94. The summed E-state index contributed by atoms with van der Waals surface area (Å²) in [6, 6.07) is 5.89. The van der Waals surface area contributed by atoms with Gasteiger partial charge in [-0.2, -0.15) is 26.9 Å². The molecule has 11 heteroatoms. The quantitative estimate of drug-likeness (QED) is 0.412. The van der Waals surface area contributed by atoms with Crippen molar-refractivity contribution in [3.05, 3.63) is 41.1 Å². The fraction of sp³-hybridized carbons (Fsp3) is 0.412. The number of hydrogen-bond donors (Lipinski definition) is 0. The van der Waals surface area contributed by atoms with Crippen LogP contribution in [0.25, 0.3) is 0 Å². The highest BCUT2D eigenvalue weighted by molar-refractivity contribution is 7.88. The van der Waals surface area contributed by atoms with Crippen LogP contribution in [-0.2, 0) is 19.6 Å². The number of nitriles is 1. The van der Waals surface area contributed by atoms with Gasteiger partial charge in [0.1, 0.15) is 11.8 Å². The summed E-state index contributed by atoms with van der Waals surface area (Å²) in [6.45, 7) is 3.44. The van der Waals surface area contributed by atoms with Gasteiger partial charge in [-0.05, 0) is 31.5 Å². The molecule has 0 saturated carbocycles. The third-order valence-electron chi connectivity index (χ3n) is 4.34. The molecule has 1 aromatic rings. The second-order valence-electron chi connectivity index (χ2n) is 5.95. The monoisotopic (exact) mass is 418 g/mol. The number of nitrogens with zero attached hydrogens (tertiary/aromatic N) is 2. The number of carbonyl (C=O) groups is 1. The summed E-state index contributed by atoms with van der Waals surface area (Å²) >= 11 is 0. The number of rotatable bonds is 5. The van der Waals surface area contributed by atoms with Crippen LogP contribution in [0.4, 0.5) is 13.2 Å². The Labute approximate surface area is 160 Å². The number of allylic oxidation sites excluding steroid dienone is 1. The third kappa shape index (κ3) is 3.91. The Balaban J connectivity index is 2.39. The second kappa shape index (κ2) is 7.71. The zero-order chi connectivity index (χ0) is 21.3. The van der Waals surface area contributed by atoms with Crippen LogP contribution in [0.1, 0.15) is 25.3 Å². The average Bonchev–Trinajstić information content (AvgIpc) is 2.85. The average molecular weight is 418 g/mol. The van der Waals surface area contributed by atoms with Crippen LogP contribution in [0.15, 0.2) is 35.5 Å². The molecule has 2 unspecified atom stereocenters. The Morgan fingerprint density at radius 1 is 1.29 bits per heavy atom. The van der Waals surface area contributed by atoms with Crippen molar-refractivity contribution in [1.29, 1.82) is 5.26 Å². The molecule has 0 fully saturated rings. The number of hydrogen-bond acceptors (Lipinski definition) is 7. The van der Waals surface area contributed by atoms with Crippen LogP contribution < -0.4 is 4.18 Å². The van der Waals surface area contributed by atoms with Crippen LogP contribution in [0.2, 0.25) is 0 Å². The summed E-state index contributed by atoms with van der Waals surface area (Å²) in [7, 11) is -4.16. The molecule has 0 N–H and O–H groups in total. The molecule has 0 saturated heterocycles. The van der Waals surface area contributed by atoms with E-state index < -0.39 is 39.3 Å². The van der Waals surface area contributed by atoms with Crippen molar-refractivity contribution in [3.63, 3.8) is 0 Å². The zero-order valence-electron chi connectivity index (χ0n) is 15.1. The molecular weight excluding hydrogens is 401 g/mol. The molecule has 152 valence electrons. The molecule has 0 spiro atoms. The van der Waals surface area contributed by atoms with Gasteiger partial charge in [-0.15, -0.1) is 0 Å². The van der Waals surface area contributed by atoms with E-state index in [0.717, 1.165) is 12.1 Å². The number of ether oxygens (including phenoxy) is 1. The molecule has 0 bridgehead atoms. The lowest BCUT2D eigenvalue weighted by atomic mass is 9.87. The SMILES string of the molecule is CCOC(=O)C1C(c2ccc(OS(=O)(=O)C(F)(F)F)cc2)C(C#N)=C(C)N1C. The van der Waals surface area contributed by atoms with E-state index in [4.69, 9.17) is 4.74 Å². The Morgan fingerprint density at radius 3 is 2.32 bits per heavy atom. The molecule has 28 heavy (non-hydrogen) atoms. The molecule has 7 nitrogen and oxygen atoms in total. The normalized spacial score (nSPS) is 20.1. The van der Waals surface area contributed by atoms with Gasteiger partial charge < -0.3 is 13.8 Å². The van der Waals surface area contributed by atoms with Crippen molar-refractivity contribution in [2.45, 2.75) is 31.3 Å². The van der Waals surface area contributed by atoms with Crippen LogP contribution >= 0.6 is 0 Å². The Hall–Kier alpha value is -2.74. The van der Waals surface area contributed by atoms with Crippen molar-refractivity contribution in [2.24, 2.45) is 0 Å². The summed E-state index contributed by atoms with van der Waals surface area (Å²) in [5.41, 5.74) is -4.26. The molecule has 2 rings (SSSR count). The highest BCUT2D eigenvalue weighted by Crippen LogP contribution is 2.41. The zero-order valence-corrected chi connectivity index (χ0v) is 16.0. The number of benzene rings is 1. The summed E-state index contributed by atoms with van der Waals surface area (Å²) in [5, 5.41) is 9.50. The molecular formula is C17H17F3N2O5S. The lowest BCUT2D eigenvalue weighted by molar-refractivity contribution is -0.148. The van der Waals surface area contributed by atoms with Crippen molar-refractivity contribution in [2.75, 3.05) is 13.7 Å². The molecule has 1 heterocycles. The van der Waals surface area contributed by atoms with Gasteiger partial charge in [-0.25, -0.2) is 4.79 Å².